The van der Waals surface area contributed by atoms with Crippen LogP contribution in [0.25, 0.3) is 0 Å². The number of aliphatic hydroxyl groups excluding tert-OH is 1. The van der Waals surface area contributed by atoms with Gasteiger partial charge in [-0.2, -0.15) is 0 Å². The van der Waals surface area contributed by atoms with Crippen LogP contribution in [0.15, 0.2) is 12.1 Å². The lowest BCUT2D eigenvalue weighted by atomic mass is 10.3. The van der Waals surface area contributed by atoms with E-state index < -0.39 is 11.8 Å². The predicted octanol–water partition coefficient (Wildman–Crippen LogP) is 0.838. The summed E-state index contributed by atoms with van der Waals surface area (Å²) >= 11 is 1.10. The van der Waals surface area contributed by atoms with Gasteiger partial charge in [0.25, 0.3) is 5.78 Å². The summed E-state index contributed by atoms with van der Waals surface area (Å²) in [6.45, 7) is 1.57. The lowest BCUT2D eigenvalue weighted by Gasteiger charge is -1.96. The van der Waals surface area contributed by atoms with Gasteiger partial charge in [-0.25, -0.2) is 4.79 Å². The summed E-state index contributed by atoms with van der Waals surface area (Å²) in [6, 6.07) is 3.14. The van der Waals surface area contributed by atoms with Crippen LogP contribution >= 0.6 is 11.3 Å². The van der Waals surface area contributed by atoms with Crippen LogP contribution in [0.4, 0.5) is 0 Å². The third kappa shape index (κ3) is 3.19. The number of hydrogen-bond donors (Lipinski definition) is 1. The molecule has 1 heterocycles. The van der Waals surface area contributed by atoms with E-state index >= 15 is 0 Å². The highest BCUT2D eigenvalue weighted by Crippen LogP contribution is 2.16. The highest BCUT2D eigenvalue weighted by atomic mass is 32.1. The first-order valence-electron chi connectivity index (χ1n) is 4.60. The van der Waals surface area contributed by atoms with E-state index in [-0.39, 0.29) is 13.2 Å². The van der Waals surface area contributed by atoms with Crippen molar-refractivity contribution < 1.29 is 19.4 Å². The number of thiophene rings is 1. The van der Waals surface area contributed by atoms with E-state index in [0.717, 1.165) is 11.3 Å². The fraction of sp³-hybridized carbons (Fsp3) is 0.273. The molecular formula is C11H10O4S. The van der Waals surface area contributed by atoms with E-state index in [0.29, 0.717) is 9.75 Å². The summed E-state index contributed by atoms with van der Waals surface area (Å²) in [7, 11) is 0. The van der Waals surface area contributed by atoms with Crippen molar-refractivity contribution >= 4 is 23.1 Å². The Balaban J connectivity index is 2.78. The average molecular weight is 238 g/mol. The Morgan fingerprint density at radius 3 is 2.88 bits per heavy atom. The molecule has 0 bridgehead atoms. The molecule has 0 spiro atoms. The summed E-state index contributed by atoms with van der Waals surface area (Å²) in [5, 5.41) is 8.49. The van der Waals surface area contributed by atoms with Gasteiger partial charge in [0, 0.05) is 0 Å². The number of rotatable bonds is 3. The van der Waals surface area contributed by atoms with Crippen molar-refractivity contribution in [3.8, 4) is 11.8 Å². The Morgan fingerprint density at radius 2 is 2.25 bits per heavy atom. The molecule has 0 unspecified atom stereocenters. The topological polar surface area (TPSA) is 63.6 Å². The summed E-state index contributed by atoms with van der Waals surface area (Å²) < 4.78 is 4.59. The molecule has 5 heteroatoms. The fourth-order valence-electron chi connectivity index (χ4n) is 0.951. The molecule has 0 saturated carbocycles. The van der Waals surface area contributed by atoms with Gasteiger partial charge in [-0.1, -0.05) is 11.8 Å². The number of esters is 1. The van der Waals surface area contributed by atoms with Crippen molar-refractivity contribution in [1.29, 1.82) is 0 Å². The van der Waals surface area contributed by atoms with Crippen molar-refractivity contribution in [2.45, 2.75) is 6.92 Å². The number of aliphatic hydroxyl groups is 1. The van der Waals surface area contributed by atoms with E-state index in [1.165, 1.54) is 6.07 Å². The van der Waals surface area contributed by atoms with Crippen LogP contribution in [0.3, 0.4) is 0 Å². The number of hydrogen-bond acceptors (Lipinski definition) is 5. The van der Waals surface area contributed by atoms with Crippen molar-refractivity contribution in [3.05, 3.63) is 21.9 Å². The third-order valence-corrected chi connectivity index (χ3v) is 2.58. The monoisotopic (exact) mass is 238 g/mol. The molecule has 0 aliphatic heterocycles. The minimum absolute atomic E-state index is 0.174. The zero-order chi connectivity index (χ0) is 12.0. The Bertz CT molecular complexity index is 450. The Labute approximate surface area is 96.9 Å². The van der Waals surface area contributed by atoms with Gasteiger partial charge >= 0.3 is 5.97 Å². The molecule has 4 nitrogen and oxygen atoms in total. The molecule has 0 saturated heterocycles. The van der Waals surface area contributed by atoms with E-state index in [4.69, 9.17) is 5.11 Å². The minimum Gasteiger partial charge on any atom is -0.460 e. The second-order valence-electron chi connectivity index (χ2n) is 2.67. The van der Waals surface area contributed by atoms with Gasteiger partial charge in [-0.3, -0.25) is 4.79 Å². The first-order valence-corrected chi connectivity index (χ1v) is 5.41. The summed E-state index contributed by atoms with van der Waals surface area (Å²) in [5.74, 6) is 3.60. The quantitative estimate of drug-likeness (QED) is 0.367. The Morgan fingerprint density at radius 1 is 1.50 bits per heavy atom. The molecule has 0 aliphatic carbocycles. The molecule has 1 aromatic heterocycles. The maximum Gasteiger partial charge on any atom is 0.380 e. The molecule has 1 rings (SSSR count). The molecule has 0 atom stereocenters. The maximum atomic E-state index is 11.5. The number of carbonyl (C=O) groups is 2. The van der Waals surface area contributed by atoms with Crippen molar-refractivity contribution in [3.63, 3.8) is 0 Å². The molecule has 16 heavy (non-hydrogen) atoms. The SMILES string of the molecule is CCOC(=O)C(=O)c1ccc(C#CCO)s1. The van der Waals surface area contributed by atoms with Gasteiger partial charge in [-0.15, -0.1) is 11.3 Å². The van der Waals surface area contributed by atoms with E-state index in [2.05, 4.69) is 16.6 Å². The number of ketones is 1. The van der Waals surface area contributed by atoms with Crippen LogP contribution in [0.1, 0.15) is 21.5 Å². The van der Waals surface area contributed by atoms with E-state index in [1.807, 2.05) is 0 Å². The van der Waals surface area contributed by atoms with Gasteiger partial charge in [0.2, 0.25) is 0 Å². The normalized spacial score (nSPS) is 9.12. The Hall–Kier alpha value is -1.64. The maximum absolute atomic E-state index is 11.5. The standard InChI is InChI=1S/C11H10O4S/c1-2-15-11(14)10(13)9-6-5-8(16-9)4-3-7-12/h5-6,12H,2,7H2,1H3. The van der Waals surface area contributed by atoms with Crippen molar-refractivity contribution in [1.82, 2.24) is 0 Å². The number of ether oxygens (including phenoxy) is 1. The van der Waals surface area contributed by atoms with Gasteiger partial charge in [0.1, 0.15) is 6.61 Å². The van der Waals surface area contributed by atoms with Crippen LogP contribution in [0, 0.1) is 11.8 Å². The molecule has 0 radical (unpaired) electrons. The molecule has 0 aliphatic rings. The lowest BCUT2D eigenvalue weighted by Crippen LogP contribution is -2.16. The highest BCUT2D eigenvalue weighted by Gasteiger charge is 2.18. The molecule has 0 amide bonds. The van der Waals surface area contributed by atoms with Crippen LogP contribution in [0.2, 0.25) is 0 Å². The average Bonchev–Trinajstić information content (AvgIpc) is 2.74. The lowest BCUT2D eigenvalue weighted by molar-refractivity contribution is -0.137. The smallest absolute Gasteiger partial charge is 0.380 e. The largest absolute Gasteiger partial charge is 0.460 e. The molecule has 1 aromatic rings. The second-order valence-corrected chi connectivity index (χ2v) is 3.76. The van der Waals surface area contributed by atoms with Crippen molar-refractivity contribution in [2.24, 2.45) is 0 Å². The first kappa shape index (κ1) is 12.4. The predicted molar refractivity (Wildman–Crippen MR) is 59.2 cm³/mol. The zero-order valence-electron chi connectivity index (χ0n) is 8.65. The first-order chi connectivity index (χ1) is 7.69. The molecule has 1 N–H and O–H groups in total. The Kier molecular flexibility index (Phi) is 4.70. The summed E-state index contributed by atoms with van der Waals surface area (Å²) in [5.41, 5.74) is 0. The highest BCUT2D eigenvalue weighted by molar-refractivity contribution is 7.15. The fourth-order valence-corrected chi connectivity index (χ4v) is 1.76. The summed E-state index contributed by atoms with van der Waals surface area (Å²) in [4.78, 5) is 23.5. The summed E-state index contributed by atoms with van der Waals surface area (Å²) in [6.07, 6.45) is 0. The number of carbonyl (C=O) groups excluding carboxylic acids is 2. The van der Waals surface area contributed by atoms with Crippen LogP contribution in [-0.4, -0.2) is 30.1 Å². The molecule has 0 aromatic carbocycles. The molecule has 84 valence electrons. The van der Waals surface area contributed by atoms with Crippen LogP contribution in [0.5, 0.6) is 0 Å². The van der Waals surface area contributed by atoms with E-state index in [1.54, 1.807) is 13.0 Å². The molecular weight excluding hydrogens is 228 g/mol. The van der Waals surface area contributed by atoms with Crippen LogP contribution in [-0.2, 0) is 9.53 Å². The third-order valence-electron chi connectivity index (χ3n) is 1.58. The zero-order valence-corrected chi connectivity index (χ0v) is 9.47. The van der Waals surface area contributed by atoms with Gasteiger partial charge in [0.15, 0.2) is 0 Å². The second kappa shape index (κ2) is 6.05. The van der Waals surface area contributed by atoms with Crippen molar-refractivity contribution in [2.75, 3.05) is 13.2 Å². The number of Topliss-reactive ketones (excluding diaryl/α,β-unsaturated/α-hetero) is 1. The van der Waals surface area contributed by atoms with E-state index in [9.17, 15) is 9.59 Å². The van der Waals surface area contributed by atoms with Gasteiger partial charge in [-0.05, 0) is 19.1 Å². The van der Waals surface area contributed by atoms with Gasteiger partial charge < -0.3 is 9.84 Å². The van der Waals surface area contributed by atoms with Gasteiger partial charge in [0.05, 0.1) is 16.4 Å². The molecule has 0 fully saturated rings. The van der Waals surface area contributed by atoms with Crippen LogP contribution < -0.4 is 0 Å². The minimum atomic E-state index is -0.856.